The molecule has 1 N–H and O–H groups in total. The van der Waals surface area contributed by atoms with Gasteiger partial charge in [0.05, 0.1) is 11.3 Å². The van der Waals surface area contributed by atoms with E-state index in [-0.39, 0.29) is 17.1 Å². The Bertz CT molecular complexity index is 1010. The van der Waals surface area contributed by atoms with E-state index in [1.165, 1.54) is 12.1 Å². The van der Waals surface area contributed by atoms with Gasteiger partial charge in [-0.05, 0) is 41.8 Å². The summed E-state index contributed by atoms with van der Waals surface area (Å²) < 4.78 is 15.1. The van der Waals surface area contributed by atoms with E-state index in [0.29, 0.717) is 34.7 Å². The molecule has 0 radical (unpaired) electrons. The lowest BCUT2D eigenvalue weighted by Crippen LogP contribution is -2.20. The number of imidazole rings is 1. The number of benzene rings is 1. The average molecular weight is 350 g/mol. The van der Waals surface area contributed by atoms with Gasteiger partial charge in [-0.15, -0.1) is 0 Å². The lowest BCUT2D eigenvalue weighted by molar-refractivity contribution is -0.117. The Morgan fingerprint density at radius 3 is 2.54 bits per heavy atom. The first-order valence-corrected chi connectivity index (χ1v) is 8.25. The van der Waals surface area contributed by atoms with Gasteiger partial charge >= 0.3 is 0 Å². The second-order valence-corrected chi connectivity index (χ2v) is 7.36. The molecule has 0 unspecified atom stereocenters. The molecule has 2 aromatic heterocycles. The monoisotopic (exact) mass is 350 g/mol. The smallest absolute Gasteiger partial charge is 0.226 e. The fourth-order valence-corrected chi connectivity index (χ4v) is 2.74. The minimum Gasteiger partial charge on any atom is -0.309 e. The Balaban J connectivity index is 2.12. The van der Waals surface area contributed by atoms with E-state index < -0.39 is 0 Å². The minimum absolute atomic E-state index is 0.148. The number of nitrogens with zero attached hydrogens (tertiary/aromatic N) is 3. The highest BCUT2D eigenvalue weighted by Gasteiger charge is 2.20. The molecule has 0 aliphatic carbocycles. The van der Waals surface area contributed by atoms with Crippen LogP contribution in [-0.4, -0.2) is 15.3 Å². The van der Waals surface area contributed by atoms with E-state index in [1.54, 1.807) is 34.9 Å². The number of pyridine rings is 1. The molecule has 2 heterocycles. The van der Waals surface area contributed by atoms with Gasteiger partial charge in [-0.1, -0.05) is 20.8 Å². The van der Waals surface area contributed by atoms with E-state index in [0.717, 1.165) is 0 Å². The summed E-state index contributed by atoms with van der Waals surface area (Å²) in [6.07, 6.45) is 1.99. The zero-order valence-electron chi connectivity index (χ0n) is 14.9. The number of nitrogens with one attached hydrogen (secondary N) is 1. The van der Waals surface area contributed by atoms with Crippen molar-refractivity contribution in [1.82, 2.24) is 9.38 Å². The fraction of sp³-hybridized carbons (Fsp3) is 0.250. The Labute approximate surface area is 151 Å². The minimum atomic E-state index is -0.349. The van der Waals surface area contributed by atoms with Crippen molar-refractivity contribution in [3.8, 4) is 17.3 Å². The maximum atomic E-state index is 13.3. The Morgan fingerprint density at radius 1 is 1.23 bits per heavy atom. The molecule has 26 heavy (non-hydrogen) atoms. The van der Waals surface area contributed by atoms with Crippen LogP contribution in [0.5, 0.6) is 0 Å². The third-order valence-electron chi connectivity index (χ3n) is 3.81. The first-order chi connectivity index (χ1) is 12.3. The van der Waals surface area contributed by atoms with Gasteiger partial charge < -0.3 is 5.32 Å². The summed E-state index contributed by atoms with van der Waals surface area (Å²) in [7, 11) is 0. The lowest BCUT2D eigenvalue weighted by atomic mass is 9.92. The number of carbonyl (C=O) groups is 1. The van der Waals surface area contributed by atoms with Crippen LogP contribution >= 0.6 is 0 Å². The number of hydrogen-bond donors (Lipinski definition) is 1. The zero-order chi connectivity index (χ0) is 18.9. The standard InChI is InChI=1S/C20H19FN4O/c1-20(2,3)10-17(26)24-19-18(14-5-7-15(21)8-6-14)25-12-13(11-22)4-9-16(25)23-19/h4-9,12H,10H2,1-3H3,(H,24,26). The molecule has 0 bridgehead atoms. The topological polar surface area (TPSA) is 70.2 Å². The van der Waals surface area contributed by atoms with Crippen molar-refractivity contribution in [3.63, 3.8) is 0 Å². The third-order valence-corrected chi connectivity index (χ3v) is 3.81. The molecule has 1 amide bonds. The number of carbonyl (C=O) groups excluding carboxylic acids is 1. The number of amides is 1. The van der Waals surface area contributed by atoms with Gasteiger partial charge in [0.1, 0.15) is 17.5 Å². The fourth-order valence-electron chi connectivity index (χ4n) is 2.74. The second kappa shape index (κ2) is 6.60. The van der Waals surface area contributed by atoms with E-state index in [2.05, 4.69) is 16.4 Å². The van der Waals surface area contributed by atoms with E-state index in [4.69, 9.17) is 0 Å². The number of aromatic nitrogens is 2. The van der Waals surface area contributed by atoms with Crippen molar-refractivity contribution in [3.05, 3.63) is 54.0 Å². The molecule has 0 fully saturated rings. The number of halogens is 1. The molecule has 0 aliphatic heterocycles. The van der Waals surface area contributed by atoms with Crippen molar-refractivity contribution < 1.29 is 9.18 Å². The lowest BCUT2D eigenvalue weighted by Gasteiger charge is -2.17. The summed E-state index contributed by atoms with van der Waals surface area (Å²) in [6, 6.07) is 11.4. The van der Waals surface area contributed by atoms with Gasteiger partial charge in [0.2, 0.25) is 5.91 Å². The van der Waals surface area contributed by atoms with Crippen LogP contribution in [0.2, 0.25) is 0 Å². The number of hydrogen-bond acceptors (Lipinski definition) is 3. The molecule has 0 aliphatic rings. The highest BCUT2D eigenvalue weighted by Crippen LogP contribution is 2.30. The Kier molecular flexibility index (Phi) is 4.47. The number of fused-ring (bicyclic) bond motifs is 1. The quantitative estimate of drug-likeness (QED) is 0.762. The molecule has 5 nitrogen and oxygen atoms in total. The molecule has 0 saturated carbocycles. The normalized spacial score (nSPS) is 11.3. The zero-order valence-corrected chi connectivity index (χ0v) is 14.9. The summed E-state index contributed by atoms with van der Waals surface area (Å²) in [6.45, 7) is 5.95. The molecule has 0 atom stereocenters. The number of rotatable bonds is 3. The molecule has 6 heteroatoms. The Morgan fingerprint density at radius 2 is 1.92 bits per heavy atom. The van der Waals surface area contributed by atoms with Crippen LogP contribution in [0.1, 0.15) is 32.8 Å². The van der Waals surface area contributed by atoms with Crippen LogP contribution in [0.3, 0.4) is 0 Å². The van der Waals surface area contributed by atoms with Crippen LogP contribution in [0.25, 0.3) is 16.9 Å². The summed E-state index contributed by atoms with van der Waals surface area (Å²) in [5.74, 6) is -0.107. The SMILES string of the molecule is CC(C)(C)CC(=O)Nc1nc2ccc(C#N)cn2c1-c1ccc(F)cc1. The Hall–Kier alpha value is -3.20. The maximum Gasteiger partial charge on any atom is 0.226 e. The van der Waals surface area contributed by atoms with Gasteiger partial charge in [-0.3, -0.25) is 9.20 Å². The molecule has 0 spiro atoms. The molecular weight excluding hydrogens is 331 g/mol. The summed E-state index contributed by atoms with van der Waals surface area (Å²) >= 11 is 0. The molecule has 3 rings (SSSR count). The second-order valence-electron chi connectivity index (χ2n) is 7.36. The van der Waals surface area contributed by atoms with E-state index in [9.17, 15) is 14.4 Å². The largest absolute Gasteiger partial charge is 0.309 e. The van der Waals surface area contributed by atoms with E-state index >= 15 is 0 Å². The van der Waals surface area contributed by atoms with Gasteiger partial charge in [-0.2, -0.15) is 5.26 Å². The predicted molar refractivity (Wildman–Crippen MR) is 98.0 cm³/mol. The van der Waals surface area contributed by atoms with Crippen molar-refractivity contribution in [1.29, 1.82) is 5.26 Å². The molecule has 0 saturated heterocycles. The molecule has 3 aromatic rings. The highest BCUT2D eigenvalue weighted by atomic mass is 19.1. The first-order valence-electron chi connectivity index (χ1n) is 8.25. The maximum absolute atomic E-state index is 13.3. The number of nitriles is 1. The first kappa shape index (κ1) is 17.6. The molecule has 132 valence electrons. The van der Waals surface area contributed by atoms with Crippen molar-refractivity contribution >= 4 is 17.4 Å². The summed E-state index contributed by atoms with van der Waals surface area (Å²) in [4.78, 5) is 16.9. The predicted octanol–water partition coefficient (Wildman–Crippen LogP) is 4.39. The van der Waals surface area contributed by atoms with Crippen LogP contribution in [0.4, 0.5) is 10.2 Å². The van der Waals surface area contributed by atoms with Gasteiger partial charge in [0, 0.05) is 18.2 Å². The van der Waals surface area contributed by atoms with Crippen molar-refractivity contribution in [2.45, 2.75) is 27.2 Å². The third kappa shape index (κ3) is 3.72. The van der Waals surface area contributed by atoms with Crippen LogP contribution in [0, 0.1) is 22.6 Å². The number of anilines is 1. The van der Waals surface area contributed by atoms with Crippen LogP contribution in [0.15, 0.2) is 42.6 Å². The van der Waals surface area contributed by atoms with E-state index in [1.807, 2.05) is 20.8 Å². The van der Waals surface area contributed by atoms with Crippen molar-refractivity contribution in [2.75, 3.05) is 5.32 Å². The molecular formula is C20H19FN4O. The van der Waals surface area contributed by atoms with Gasteiger partial charge in [0.15, 0.2) is 5.82 Å². The average Bonchev–Trinajstić information content (AvgIpc) is 2.90. The molecule has 1 aromatic carbocycles. The highest BCUT2D eigenvalue weighted by molar-refractivity contribution is 5.94. The summed E-state index contributed by atoms with van der Waals surface area (Å²) in [5.41, 5.74) is 2.20. The van der Waals surface area contributed by atoms with Gasteiger partial charge in [-0.25, -0.2) is 9.37 Å². The van der Waals surface area contributed by atoms with Crippen LogP contribution < -0.4 is 5.32 Å². The summed E-state index contributed by atoms with van der Waals surface area (Å²) in [5, 5.41) is 12.0. The van der Waals surface area contributed by atoms with Gasteiger partial charge in [0.25, 0.3) is 0 Å². The van der Waals surface area contributed by atoms with Crippen LogP contribution in [-0.2, 0) is 4.79 Å². The van der Waals surface area contributed by atoms with Crippen molar-refractivity contribution in [2.24, 2.45) is 5.41 Å².